The molecular weight excluding hydrogens is 366 g/mol. The monoisotopic (exact) mass is 401 g/mol. The number of primary amides is 1. The Kier molecular flexibility index (Phi) is 6.73. The molecule has 0 unspecified atom stereocenters. The van der Waals surface area contributed by atoms with E-state index in [1.807, 2.05) is 30.3 Å². The molecule has 1 saturated carbocycles. The largest absolute Gasteiger partial charge is 0.488 e. The summed E-state index contributed by atoms with van der Waals surface area (Å²) in [4.78, 5) is 16.3. The average Bonchev–Trinajstić information content (AvgIpc) is 2.92. The van der Waals surface area contributed by atoms with E-state index in [-0.39, 0.29) is 18.1 Å². The maximum absolute atomic E-state index is 11.5. The second-order valence-electron chi connectivity index (χ2n) is 9.00. The number of fused-ring (bicyclic) bond motifs is 1. The number of carbonyl (C=O) groups excluding carboxylic acids is 1. The van der Waals surface area contributed by atoms with Crippen LogP contribution in [0.3, 0.4) is 0 Å². The van der Waals surface area contributed by atoms with Gasteiger partial charge >= 0.3 is 0 Å². The van der Waals surface area contributed by atoms with Gasteiger partial charge in [0.2, 0.25) is 5.91 Å². The molecule has 2 saturated heterocycles. The highest BCUT2D eigenvalue weighted by molar-refractivity contribution is 5.76. The van der Waals surface area contributed by atoms with Crippen LogP contribution in [0.25, 0.3) is 0 Å². The lowest BCUT2D eigenvalue weighted by Gasteiger charge is -2.48. The molecule has 5 atom stereocenters. The summed E-state index contributed by atoms with van der Waals surface area (Å²) in [5.41, 5.74) is 5.50. The van der Waals surface area contributed by atoms with Gasteiger partial charge < -0.3 is 15.6 Å². The second-order valence-corrected chi connectivity index (χ2v) is 9.00. The first-order valence-corrected chi connectivity index (χ1v) is 11.3. The Bertz CT molecular complexity index is 671. The molecule has 2 heterocycles. The van der Waals surface area contributed by atoms with Gasteiger partial charge in [0, 0.05) is 25.2 Å². The first-order valence-electron chi connectivity index (χ1n) is 11.3. The van der Waals surface area contributed by atoms with Crippen molar-refractivity contribution in [2.24, 2.45) is 11.7 Å². The van der Waals surface area contributed by atoms with Crippen LogP contribution >= 0.6 is 0 Å². The number of hydrogen-bond acceptors (Lipinski definition) is 5. The highest BCUT2D eigenvalue weighted by atomic mass is 16.5. The SMILES string of the molecule is NC(=O)CN1CCCC[C@H]2CN([C@H]3CCC[C@@H](Oc4ccccc4)[C@@H]3O)CC[C@H]21. The molecule has 3 aliphatic rings. The molecular formula is C23H35N3O3. The number of carbonyl (C=O) groups is 1. The van der Waals surface area contributed by atoms with E-state index in [9.17, 15) is 9.90 Å². The quantitative estimate of drug-likeness (QED) is 0.789. The zero-order valence-electron chi connectivity index (χ0n) is 17.3. The number of aliphatic hydroxyl groups excluding tert-OH is 1. The van der Waals surface area contributed by atoms with Crippen molar-refractivity contribution < 1.29 is 14.6 Å². The van der Waals surface area contributed by atoms with Crippen LogP contribution in [0.1, 0.15) is 44.9 Å². The van der Waals surface area contributed by atoms with Crippen molar-refractivity contribution in [3.63, 3.8) is 0 Å². The Morgan fingerprint density at radius 1 is 1.03 bits per heavy atom. The number of amides is 1. The topological polar surface area (TPSA) is 79.0 Å². The Balaban J connectivity index is 1.40. The van der Waals surface area contributed by atoms with Crippen LogP contribution in [0.4, 0.5) is 0 Å². The molecule has 1 aromatic carbocycles. The summed E-state index contributed by atoms with van der Waals surface area (Å²) < 4.78 is 6.14. The first kappa shape index (κ1) is 20.6. The summed E-state index contributed by atoms with van der Waals surface area (Å²) in [6.45, 7) is 3.32. The van der Waals surface area contributed by atoms with Crippen molar-refractivity contribution >= 4 is 5.91 Å². The summed E-state index contributed by atoms with van der Waals surface area (Å²) >= 11 is 0. The normalized spacial score (nSPS) is 34.2. The summed E-state index contributed by atoms with van der Waals surface area (Å²) in [5.74, 6) is 1.16. The van der Waals surface area contributed by atoms with Crippen molar-refractivity contribution in [1.82, 2.24) is 9.80 Å². The molecule has 160 valence electrons. The van der Waals surface area contributed by atoms with E-state index in [2.05, 4.69) is 9.80 Å². The standard InChI is InChI=1S/C23H35N3O3/c24-22(27)16-25-13-5-4-7-17-15-26(14-12-19(17)25)20-10-6-11-21(23(20)28)29-18-8-2-1-3-9-18/h1-3,8-9,17,19-21,23,28H,4-7,10-16H2,(H2,24,27)/t17-,19+,20-,21+,23+/m0/s1. The highest BCUT2D eigenvalue weighted by Gasteiger charge is 2.42. The lowest BCUT2D eigenvalue weighted by Crippen LogP contribution is -2.59. The molecule has 3 fully saturated rings. The third kappa shape index (κ3) is 4.93. The first-order chi connectivity index (χ1) is 14.1. The molecule has 2 aliphatic heterocycles. The number of ether oxygens (including phenoxy) is 1. The Labute approximate surface area is 174 Å². The Hall–Kier alpha value is -1.63. The van der Waals surface area contributed by atoms with Crippen molar-refractivity contribution in [2.45, 2.75) is 69.2 Å². The van der Waals surface area contributed by atoms with E-state index >= 15 is 0 Å². The third-order valence-corrected chi connectivity index (χ3v) is 7.09. The summed E-state index contributed by atoms with van der Waals surface area (Å²) in [6.07, 6.45) is 6.99. The van der Waals surface area contributed by atoms with Gasteiger partial charge in [-0.2, -0.15) is 0 Å². The van der Waals surface area contributed by atoms with Crippen LogP contribution in [0.15, 0.2) is 30.3 Å². The van der Waals surface area contributed by atoms with E-state index in [4.69, 9.17) is 10.5 Å². The molecule has 0 bridgehead atoms. The van der Waals surface area contributed by atoms with Gasteiger partial charge in [-0.25, -0.2) is 0 Å². The number of rotatable bonds is 5. The van der Waals surface area contributed by atoms with Crippen LogP contribution in [0.2, 0.25) is 0 Å². The van der Waals surface area contributed by atoms with Crippen LogP contribution in [-0.4, -0.2) is 71.3 Å². The van der Waals surface area contributed by atoms with Gasteiger partial charge in [-0.1, -0.05) is 24.6 Å². The highest BCUT2D eigenvalue weighted by Crippen LogP contribution is 2.34. The molecule has 6 heteroatoms. The zero-order chi connectivity index (χ0) is 20.2. The number of para-hydroxylation sites is 1. The van der Waals surface area contributed by atoms with Gasteiger partial charge in [0.25, 0.3) is 0 Å². The fraction of sp³-hybridized carbons (Fsp3) is 0.696. The van der Waals surface area contributed by atoms with Crippen LogP contribution in [0, 0.1) is 5.92 Å². The molecule has 0 aromatic heterocycles. The van der Waals surface area contributed by atoms with E-state index < -0.39 is 6.10 Å². The Morgan fingerprint density at radius 2 is 1.86 bits per heavy atom. The molecule has 4 rings (SSSR count). The van der Waals surface area contributed by atoms with Crippen molar-refractivity contribution in [2.75, 3.05) is 26.2 Å². The number of nitrogens with zero attached hydrogens (tertiary/aromatic N) is 2. The summed E-state index contributed by atoms with van der Waals surface area (Å²) in [5, 5.41) is 11.1. The van der Waals surface area contributed by atoms with E-state index in [0.29, 0.717) is 18.5 Å². The van der Waals surface area contributed by atoms with Crippen molar-refractivity contribution in [3.8, 4) is 5.75 Å². The van der Waals surface area contributed by atoms with Gasteiger partial charge in [0.1, 0.15) is 18.0 Å². The maximum atomic E-state index is 11.5. The number of aliphatic hydroxyl groups is 1. The fourth-order valence-electron chi connectivity index (χ4n) is 5.72. The Morgan fingerprint density at radius 3 is 2.66 bits per heavy atom. The maximum Gasteiger partial charge on any atom is 0.231 e. The zero-order valence-corrected chi connectivity index (χ0v) is 17.3. The molecule has 1 aliphatic carbocycles. The van der Waals surface area contributed by atoms with E-state index in [1.165, 1.54) is 12.8 Å². The number of hydrogen-bond donors (Lipinski definition) is 2. The molecule has 0 spiro atoms. The minimum atomic E-state index is -0.465. The molecule has 3 N–H and O–H groups in total. The number of likely N-dealkylation sites (tertiary alicyclic amines) is 2. The predicted octanol–water partition coefficient (Wildman–Crippen LogP) is 2.01. The number of benzene rings is 1. The van der Waals surface area contributed by atoms with Crippen molar-refractivity contribution in [3.05, 3.63) is 30.3 Å². The second kappa shape index (κ2) is 9.45. The summed E-state index contributed by atoms with van der Waals surface area (Å²) in [7, 11) is 0. The van der Waals surface area contributed by atoms with Crippen LogP contribution in [-0.2, 0) is 4.79 Å². The summed E-state index contributed by atoms with van der Waals surface area (Å²) in [6, 6.07) is 10.4. The average molecular weight is 402 g/mol. The predicted molar refractivity (Wildman–Crippen MR) is 113 cm³/mol. The van der Waals surface area contributed by atoms with Gasteiger partial charge in [0.05, 0.1) is 6.54 Å². The minimum absolute atomic E-state index is 0.144. The number of piperidine rings is 1. The molecule has 1 amide bonds. The van der Waals surface area contributed by atoms with Crippen LogP contribution in [0.5, 0.6) is 5.75 Å². The molecule has 29 heavy (non-hydrogen) atoms. The van der Waals surface area contributed by atoms with Crippen molar-refractivity contribution in [1.29, 1.82) is 0 Å². The molecule has 6 nitrogen and oxygen atoms in total. The lowest BCUT2D eigenvalue weighted by molar-refractivity contribution is -0.120. The minimum Gasteiger partial charge on any atom is -0.488 e. The molecule has 0 radical (unpaired) electrons. The van der Waals surface area contributed by atoms with Gasteiger partial charge in [-0.05, 0) is 63.1 Å². The van der Waals surface area contributed by atoms with Gasteiger partial charge in [0.15, 0.2) is 0 Å². The van der Waals surface area contributed by atoms with Crippen LogP contribution < -0.4 is 10.5 Å². The third-order valence-electron chi connectivity index (χ3n) is 7.09. The number of nitrogens with two attached hydrogens (primary N) is 1. The van der Waals surface area contributed by atoms with E-state index in [0.717, 1.165) is 57.5 Å². The lowest BCUT2D eigenvalue weighted by atomic mass is 9.83. The van der Waals surface area contributed by atoms with E-state index in [1.54, 1.807) is 0 Å². The van der Waals surface area contributed by atoms with Gasteiger partial charge in [-0.15, -0.1) is 0 Å². The molecule has 1 aromatic rings. The van der Waals surface area contributed by atoms with Gasteiger partial charge in [-0.3, -0.25) is 14.6 Å². The fourth-order valence-corrected chi connectivity index (χ4v) is 5.72. The smallest absolute Gasteiger partial charge is 0.231 e.